The minimum atomic E-state index is -0.399. The molecule has 1 aromatic carbocycles. The summed E-state index contributed by atoms with van der Waals surface area (Å²) in [6.45, 7) is 4.49. The van der Waals surface area contributed by atoms with Crippen LogP contribution in [0, 0.1) is 5.92 Å². The standard InChI is InChI=1S/C22H27N5O3S2/c1-14(2)20(15-6-8-16(30-3)9-7-15)24-19(29)13-32-22-26-25-21(17-5-4-12-31-17)27(22)11-10-18(23)28/h4-9,12,14,20H,10-11,13H2,1-3H3,(H2,23,28)(H,24,29). The zero-order valence-corrected chi connectivity index (χ0v) is 19.9. The number of thioether (sulfide) groups is 1. The lowest BCUT2D eigenvalue weighted by Crippen LogP contribution is -2.33. The van der Waals surface area contributed by atoms with Gasteiger partial charge in [0.2, 0.25) is 11.8 Å². The maximum absolute atomic E-state index is 12.8. The Morgan fingerprint density at radius 3 is 2.56 bits per heavy atom. The average Bonchev–Trinajstić information content (AvgIpc) is 3.44. The van der Waals surface area contributed by atoms with E-state index in [0.717, 1.165) is 16.2 Å². The van der Waals surface area contributed by atoms with E-state index < -0.39 is 5.91 Å². The highest BCUT2D eigenvalue weighted by atomic mass is 32.2. The van der Waals surface area contributed by atoms with E-state index in [-0.39, 0.29) is 30.0 Å². The van der Waals surface area contributed by atoms with Crippen molar-refractivity contribution < 1.29 is 14.3 Å². The van der Waals surface area contributed by atoms with Crippen molar-refractivity contribution in [3.8, 4) is 16.5 Å². The predicted octanol–water partition coefficient (Wildman–Crippen LogP) is 3.50. The Balaban J connectivity index is 1.69. The first kappa shape index (κ1) is 23.8. The topological polar surface area (TPSA) is 112 Å². The molecule has 0 bridgehead atoms. The number of thiophene rings is 1. The summed E-state index contributed by atoms with van der Waals surface area (Å²) in [5.74, 6) is 1.33. The van der Waals surface area contributed by atoms with E-state index in [9.17, 15) is 9.59 Å². The van der Waals surface area contributed by atoms with E-state index in [1.165, 1.54) is 23.1 Å². The highest BCUT2D eigenvalue weighted by Crippen LogP contribution is 2.28. The monoisotopic (exact) mass is 473 g/mol. The number of primary amides is 1. The van der Waals surface area contributed by atoms with E-state index in [4.69, 9.17) is 10.5 Å². The molecule has 3 rings (SSSR count). The Labute approximate surface area is 195 Å². The van der Waals surface area contributed by atoms with Crippen LogP contribution in [0.15, 0.2) is 46.9 Å². The molecule has 0 aliphatic heterocycles. The molecule has 0 aliphatic rings. The molecule has 170 valence electrons. The first-order chi connectivity index (χ1) is 15.4. The van der Waals surface area contributed by atoms with Gasteiger partial charge in [0.15, 0.2) is 11.0 Å². The Morgan fingerprint density at radius 1 is 1.22 bits per heavy atom. The Bertz CT molecular complexity index is 1030. The Morgan fingerprint density at radius 2 is 1.97 bits per heavy atom. The molecule has 0 saturated carbocycles. The van der Waals surface area contributed by atoms with E-state index in [1.807, 2.05) is 46.3 Å². The van der Waals surface area contributed by atoms with Gasteiger partial charge in [-0.2, -0.15) is 0 Å². The third kappa shape index (κ3) is 6.10. The zero-order valence-electron chi connectivity index (χ0n) is 18.3. The summed E-state index contributed by atoms with van der Waals surface area (Å²) >= 11 is 2.83. The summed E-state index contributed by atoms with van der Waals surface area (Å²) in [7, 11) is 1.62. The Kier molecular flexibility index (Phi) is 8.29. The molecule has 0 radical (unpaired) electrons. The highest BCUT2D eigenvalue weighted by Gasteiger charge is 2.21. The van der Waals surface area contributed by atoms with E-state index in [2.05, 4.69) is 29.4 Å². The molecule has 0 aliphatic carbocycles. The van der Waals surface area contributed by atoms with Crippen LogP contribution < -0.4 is 15.8 Å². The summed E-state index contributed by atoms with van der Waals surface area (Å²) in [5.41, 5.74) is 6.35. The fourth-order valence-electron chi connectivity index (χ4n) is 3.20. The van der Waals surface area contributed by atoms with Crippen molar-refractivity contribution in [3.05, 3.63) is 47.3 Å². The molecular weight excluding hydrogens is 446 g/mol. The molecular formula is C22H27N5O3S2. The van der Waals surface area contributed by atoms with Gasteiger partial charge in [0, 0.05) is 13.0 Å². The second-order valence-electron chi connectivity index (χ2n) is 7.50. The fourth-order valence-corrected chi connectivity index (χ4v) is 4.69. The average molecular weight is 474 g/mol. The SMILES string of the molecule is COc1ccc(C(NC(=O)CSc2nnc(-c3cccs3)n2CCC(N)=O)C(C)C)cc1. The van der Waals surface area contributed by atoms with Gasteiger partial charge in [-0.05, 0) is 35.1 Å². The zero-order chi connectivity index (χ0) is 23.1. The summed E-state index contributed by atoms with van der Waals surface area (Å²) in [6, 6.07) is 11.5. The molecule has 1 atom stereocenters. The molecule has 3 aromatic rings. The van der Waals surface area contributed by atoms with Crippen LogP contribution in [0.5, 0.6) is 5.75 Å². The van der Waals surface area contributed by atoms with Crippen LogP contribution >= 0.6 is 23.1 Å². The maximum Gasteiger partial charge on any atom is 0.230 e. The lowest BCUT2D eigenvalue weighted by atomic mass is 9.96. The number of hydrogen-bond donors (Lipinski definition) is 2. The van der Waals surface area contributed by atoms with E-state index in [1.54, 1.807) is 7.11 Å². The van der Waals surface area contributed by atoms with Crippen molar-refractivity contribution in [1.29, 1.82) is 0 Å². The lowest BCUT2D eigenvalue weighted by molar-refractivity contribution is -0.120. The molecule has 3 N–H and O–H groups in total. The van der Waals surface area contributed by atoms with Crippen LogP contribution in [-0.2, 0) is 16.1 Å². The molecule has 8 nitrogen and oxygen atoms in total. The van der Waals surface area contributed by atoms with Gasteiger partial charge in [-0.25, -0.2) is 0 Å². The molecule has 0 fully saturated rings. The van der Waals surface area contributed by atoms with E-state index in [0.29, 0.717) is 17.5 Å². The number of aromatic nitrogens is 3. The molecule has 0 spiro atoms. The van der Waals surface area contributed by atoms with Gasteiger partial charge >= 0.3 is 0 Å². The van der Waals surface area contributed by atoms with Gasteiger partial charge in [0.25, 0.3) is 0 Å². The molecule has 2 heterocycles. The Hall–Kier alpha value is -2.85. The predicted molar refractivity (Wildman–Crippen MR) is 127 cm³/mol. The van der Waals surface area contributed by atoms with Crippen molar-refractivity contribution in [2.45, 2.75) is 38.0 Å². The van der Waals surface area contributed by atoms with Crippen LogP contribution in [-0.4, -0.2) is 39.4 Å². The third-order valence-electron chi connectivity index (χ3n) is 4.83. The van der Waals surface area contributed by atoms with Crippen molar-refractivity contribution in [2.24, 2.45) is 11.7 Å². The van der Waals surface area contributed by atoms with Crippen LogP contribution in [0.4, 0.5) is 0 Å². The minimum Gasteiger partial charge on any atom is -0.497 e. The minimum absolute atomic E-state index is 0.105. The van der Waals surface area contributed by atoms with Crippen LogP contribution in [0.3, 0.4) is 0 Å². The van der Waals surface area contributed by atoms with Gasteiger partial charge in [-0.1, -0.05) is 43.8 Å². The van der Waals surface area contributed by atoms with Crippen molar-refractivity contribution in [3.63, 3.8) is 0 Å². The lowest BCUT2D eigenvalue weighted by Gasteiger charge is -2.23. The smallest absolute Gasteiger partial charge is 0.230 e. The van der Waals surface area contributed by atoms with Gasteiger partial charge in [-0.15, -0.1) is 21.5 Å². The first-order valence-corrected chi connectivity index (χ1v) is 12.1. The first-order valence-electron chi connectivity index (χ1n) is 10.2. The van der Waals surface area contributed by atoms with Gasteiger partial charge in [0.1, 0.15) is 5.75 Å². The second kappa shape index (κ2) is 11.1. The number of rotatable bonds is 11. The molecule has 10 heteroatoms. The second-order valence-corrected chi connectivity index (χ2v) is 9.39. The summed E-state index contributed by atoms with van der Waals surface area (Å²) in [5, 5.41) is 14.2. The van der Waals surface area contributed by atoms with Gasteiger partial charge < -0.3 is 20.4 Å². The number of amides is 2. The van der Waals surface area contributed by atoms with Crippen molar-refractivity contribution in [1.82, 2.24) is 20.1 Å². The fraction of sp³-hybridized carbons (Fsp3) is 0.364. The largest absolute Gasteiger partial charge is 0.497 e. The number of nitrogens with zero attached hydrogens (tertiary/aromatic N) is 3. The number of hydrogen-bond acceptors (Lipinski definition) is 7. The van der Waals surface area contributed by atoms with Crippen molar-refractivity contribution >= 4 is 34.9 Å². The van der Waals surface area contributed by atoms with Crippen LogP contribution in [0.1, 0.15) is 31.9 Å². The number of carbonyl (C=O) groups is 2. The molecule has 1 unspecified atom stereocenters. The number of nitrogens with one attached hydrogen (secondary N) is 1. The maximum atomic E-state index is 12.8. The molecule has 2 aromatic heterocycles. The summed E-state index contributed by atoms with van der Waals surface area (Å²) < 4.78 is 7.06. The van der Waals surface area contributed by atoms with Crippen molar-refractivity contribution in [2.75, 3.05) is 12.9 Å². The number of benzene rings is 1. The van der Waals surface area contributed by atoms with Crippen LogP contribution in [0.25, 0.3) is 10.7 Å². The third-order valence-corrected chi connectivity index (χ3v) is 6.66. The van der Waals surface area contributed by atoms with E-state index >= 15 is 0 Å². The van der Waals surface area contributed by atoms with Gasteiger partial charge in [-0.3, -0.25) is 9.59 Å². The number of carbonyl (C=O) groups excluding carboxylic acids is 2. The van der Waals surface area contributed by atoms with Gasteiger partial charge in [0.05, 0.1) is 23.8 Å². The highest BCUT2D eigenvalue weighted by molar-refractivity contribution is 7.99. The molecule has 2 amide bonds. The number of methoxy groups -OCH3 is 1. The number of nitrogens with two attached hydrogens (primary N) is 1. The molecule has 32 heavy (non-hydrogen) atoms. The summed E-state index contributed by atoms with van der Waals surface area (Å²) in [6.07, 6.45) is 0.170. The summed E-state index contributed by atoms with van der Waals surface area (Å²) in [4.78, 5) is 25.0. The normalized spacial score (nSPS) is 12.0. The molecule has 0 saturated heterocycles. The van der Waals surface area contributed by atoms with Crippen LogP contribution in [0.2, 0.25) is 0 Å². The number of ether oxygens (including phenoxy) is 1. The quantitative estimate of drug-likeness (QED) is 0.412.